The number of hydrogen-bond acceptors (Lipinski definition) is 4. The summed E-state index contributed by atoms with van der Waals surface area (Å²) in [5.74, 6) is -1.42. The molecule has 1 saturated heterocycles. The highest BCUT2D eigenvalue weighted by Crippen LogP contribution is 2.33. The van der Waals surface area contributed by atoms with Crippen LogP contribution in [0, 0.1) is 13.8 Å². The van der Waals surface area contributed by atoms with Gasteiger partial charge in [0, 0.05) is 0 Å². The van der Waals surface area contributed by atoms with Crippen molar-refractivity contribution in [2.45, 2.75) is 13.8 Å². The van der Waals surface area contributed by atoms with Crippen molar-refractivity contribution in [2.24, 2.45) is 0 Å². The van der Waals surface area contributed by atoms with E-state index in [4.69, 9.17) is 17.3 Å². The molecule has 0 radical (unpaired) electrons. The Morgan fingerprint density at radius 2 is 2.00 bits per heavy atom. The molecule has 1 fully saturated rings. The van der Waals surface area contributed by atoms with Gasteiger partial charge in [0.1, 0.15) is 10.9 Å². The van der Waals surface area contributed by atoms with Crippen LogP contribution in [0.1, 0.15) is 16.7 Å². The molecule has 1 amide bonds. The van der Waals surface area contributed by atoms with Crippen LogP contribution >= 0.6 is 24.0 Å². The molecule has 0 atom stereocenters. The number of carboxylic acid groups (broad SMARTS) is 1. The number of amides is 1. The second-order valence-electron chi connectivity index (χ2n) is 4.47. The van der Waals surface area contributed by atoms with E-state index in [1.54, 1.807) is 6.08 Å². The lowest BCUT2D eigenvalue weighted by atomic mass is 10.0. The fraction of sp³-hybridized carbons (Fsp3) is 0.214. The molecule has 4 nitrogen and oxygen atoms in total. The molecule has 2 rings (SSSR count). The second-order valence-corrected chi connectivity index (χ2v) is 6.14. The Morgan fingerprint density at radius 3 is 2.55 bits per heavy atom. The van der Waals surface area contributed by atoms with Gasteiger partial charge in [0.15, 0.2) is 0 Å². The van der Waals surface area contributed by atoms with Crippen molar-refractivity contribution in [1.29, 1.82) is 0 Å². The van der Waals surface area contributed by atoms with Gasteiger partial charge in [-0.2, -0.15) is 0 Å². The maximum atomic E-state index is 12.2. The van der Waals surface area contributed by atoms with Crippen LogP contribution in [0.3, 0.4) is 0 Å². The summed E-state index contributed by atoms with van der Waals surface area (Å²) in [6, 6.07) is 5.89. The van der Waals surface area contributed by atoms with Crippen LogP contribution in [-0.4, -0.2) is 32.7 Å². The van der Waals surface area contributed by atoms with E-state index >= 15 is 0 Å². The summed E-state index contributed by atoms with van der Waals surface area (Å²) >= 11 is 6.20. The Hall–Kier alpha value is -1.66. The summed E-state index contributed by atoms with van der Waals surface area (Å²) in [6.07, 6.45) is 1.78. The number of carbonyl (C=O) groups is 2. The first-order valence-electron chi connectivity index (χ1n) is 5.93. The van der Waals surface area contributed by atoms with E-state index in [1.165, 1.54) is 0 Å². The third-order valence-corrected chi connectivity index (χ3v) is 4.36. The number of thioether (sulfide) groups is 1. The molecule has 0 spiro atoms. The molecule has 1 aliphatic rings. The average molecular weight is 307 g/mol. The van der Waals surface area contributed by atoms with Crippen molar-refractivity contribution in [3.05, 3.63) is 39.8 Å². The van der Waals surface area contributed by atoms with Gasteiger partial charge in [0.05, 0.1) is 4.91 Å². The lowest BCUT2D eigenvalue weighted by Gasteiger charge is -2.10. The van der Waals surface area contributed by atoms with Crippen LogP contribution in [0.15, 0.2) is 23.1 Å². The van der Waals surface area contributed by atoms with Crippen LogP contribution in [0.4, 0.5) is 0 Å². The van der Waals surface area contributed by atoms with Gasteiger partial charge >= 0.3 is 5.97 Å². The van der Waals surface area contributed by atoms with Crippen molar-refractivity contribution < 1.29 is 14.7 Å². The first-order chi connectivity index (χ1) is 9.40. The molecule has 0 aliphatic carbocycles. The molecule has 1 aliphatic heterocycles. The lowest BCUT2D eigenvalue weighted by Crippen LogP contribution is -2.33. The molecular weight excluding hydrogens is 294 g/mol. The Bertz CT molecular complexity index is 617. The number of aliphatic carboxylic acids is 1. The molecule has 1 aromatic rings. The standard InChI is InChI=1S/C14H13NO3S2/c1-8-4-3-5-9(2)10(8)6-11-13(18)15(7-12(16)17)14(19)20-11/h3-6H,7H2,1-2H3,(H,16,17)/b11-6-. The van der Waals surface area contributed by atoms with Crippen LogP contribution in [0.2, 0.25) is 0 Å². The number of thiocarbonyl (C=S) groups is 1. The number of hydrogen-bond donors (Lipinski definition) is 1. The first kappa shape index (κ1) is 14.7. The minimum absolute atomic E-state index is 0.287. The van der Waals surface area contributed by atoms with E-state index in [2.05, 4.69) is 0 Å². The van der Waals surface area contributed by atoms with Crippen molar-refractivity contribution in [3.8, 4) is 0 Å². The molecule has 0 bridgehead atoms. The number of carboxylic acids is 1. The van der Waals surface area contributed by atoms with Crippen LogP contribution in [0.5, 0.6) is 0 Å². The number of benzene rings is 1. The number of rotatable bonds is 3. The molecule has 1 heterocycles. The summed E-state index contributed by atoms with van der Waals surface area (Å²) < 4.78 is 0.287. The zero-order chi connectivity index (χ0) is 14.9. The van der Waals surface area contributed by atoms with Gasteiger partial charge in [-0.05, 0) is 36.6 Å². The van der Waals surface area contributed by atoms with Crippen molar-refractivity contribution >= 4 is 46.3 Å². The van der Waals surface area contributed by atoms with Gasteiger partial charge in [-0.3, -0.25) is 14.5 Å². The molecule has 6 heteroatoms. The van der Waals surface area contributed by atoms with Crippen molar-refractivity contribution in [1.82, 2.24) is 4.90 Å². The van der Waals surface area contributed by atoms with E-state index in [0.717, 1.165) is 33.4 Å². The molecule has 1 N–H and O–H groups in total. The van der Waals surface area contributed by atoms with E-state index in [0.29, 0.717) is 4.91 Å². The zero-order valence-electron chi connectivity index (χ0n) is 11.0. The molecule has 104 valence electrons. The Labute approximate surface area is 126 Å². The number of aryl methyl sites for hydroxylation is 2. The van der Waals surface area contributed by atoms with Crippen LogP contribution in [0.25, 0.3) is 6.08 Å². The van der Waals surface area contributed by atoms with Gasteiger partial charge in [-0.15, -0.1) is 0 Å². The third-order valence-electron chi connectivity index (χ3n) is 2.98. The van der Waals surface area contributed by atoms with Gasteiger partial charge < -0.3 is 5.11 Å². The predicted octanol–water partition coefficient (Wildman–Crippen LogP) is 2.59. The van der Waals surface area contributed by atoms with Gasteiger partial charge in [-0.25, -0.2) is 0 Å². The van der Waals surface area contributed by atoms with Gasteiger partial charge in [-0.1, -0.05) is 42.2 Å². The highest BCUT2D eigenvalue weighted by Gasteiger charge is 2.33. The average Bonchev–Trinajstić information content (AvgIpc) is 2.61. The topological polar surface area (TPSA) is 57.6 Å². The zero-order valence-corrected chi connectivity index (χ0v) is 12.7. The first-order valence-corrected chi connectivity index (χ1v) is 7.16. The maximum absolute atomic E-state index is 12.2. The van der Waals surface area contributed by atoms with E-state index in [-0.39, 0.29) is 10.2 Å². The monoisotopic (exact) mass is 307 g/mol. The van der Waals surface area contributed by atoms with Gasteiger partial charge in [0.2, 0.25) is 0 Å². The summed E-state index contributed by atoms with van der Waals surface area (Å²) in [6.45, 7) is 3.54. The summed E-state index contributed by atoms with van der Waals surface area (Å²) in [4.78, 5) is 24.5. The van der Waals surface area contributed by atoms with Crippen LogP contribution < -0.4 is 0 Å². The minimum atomic E-state index is -1.07. The Kier molecular flexibility index (Phi) is 4.25. The smallest absolute Gasteiger partial charge is 0.323 e. The molecule has 0 saturated carbocycles. The fourth-order valence-electron chi connectivity index (χ4n) is 1.96. The lowest BCUT2D eigenvalue weighted by molar-refractivity contribution is -0.140. The largest absolute Gasteiger partial charge is 0.480 e. The van der Waals surface area contributed by atoms with Crippen LogP contribution in [-0.2, 0) is 9.59 Å². The molecule has 0 aromatic heterocycles. The van der Waals surface area contributed by atoms with E-state index in [9.17, 15) is 9.59 Å². The normalized spacial score (nSPS) is 17.1. The number of nitrogens with zero attached hydrogens (tertiary/aromatic N) is 1. The third kappa shape index (κ3) is 2.91. The quantitative estimate of drug-likeness (QED) is 0.687. The highest BCUT2D eigenvalue weighted by atomic mass is 32.2. The predicted molar refractivity (Wildman–Crippen MR) is 83.4 cm³/mol. The Balaban J connectivity index is 2.35. The van der Waals surface area contributed by atoms with Crippen molar-refractivity contribution in [3.63, 3.8) is 0 Å². The SMILES string of the molecule is Cc1cccc(C)c1/C=C1\SC(=S)N(CC(=O)O)C1=O. The Morgan fingerprint density at radius 1 is 1.40 bits per heavy atom. The molecule has 1 aromatic carbocycles. The minimum Gasteiger partial charge on any atom is -0.480 e. The van der Waals surface area contributed by atoms with E-state index in [1.807, 2.05) is 32.0 Å². The fourth-order valence-corrected chi connectivity index (χ4v) is 3.19. The molecule has 20 heavy (non-hydrogen) atoms. The molecular formula is C14H13NO3S2. The number of carbonyl (C=O) groups excluding carboxylic acids is 1. The summed E-state index contributed by atoms with van der Waals surface area (Å²) in [5, 5.41) is 8.79. The van der Waals surface area contributed by atoms with Crippen molar-refractivity contribution in [2.75, 3.05) is 6.54 Å². The second kappa shape index (κ2) is 5.76. The maximum Gasteiger partial charge on any atom is 0.323 e. The summed E-state index contributed by atoms with van der Waals surface area (Å²) in [7, 11) is 0. The van der Waals surface area contributed by atoms with E-state index < -0.39 is 12.5 Å². The molecule has 0 unspecified atom stereocenters. The highest BCUT2D eigenvalue weighted by molar-refractivity contribution is 8.26. The summed E-state index contributed by atoms with van der Waals surface area (Å²) in [5.41, 5.74) is 3.10. The van der Waals surface area contributed by atoms with Gasteiger partial charge in [0.25, 0.3) is 5.91 Å².